The molecule has 1 heteroatoms. The molecule has 1 rings (SSSR count). The average molecular weight is 152 g/mol. The van der Waals surface area contributed by atoms with Crippen LogP contribution < -0.4 is 0 Å². The zero-order valence-corrected chi connectivity index (χ0v) is 7.46. The summed E-state index contributed by atoms with van der Waals surface area (Å²) in [5.41, 5.74) is 2.74. The van der Waals surface area contributed by atoms with Crippen molar-refractivity contribution in [3.8, 4) is 0 Å². The van der Waals surface area contributed by atoms with Gasteiger partial charge < -0.3 is 0 Å². The first kappa shape index (κ1) is 7.55. The number of rotatable bonds is 1. The highest BCUT2D eigenvalue weighted by atomic mass is 32.1. The van der Waals surface area contributed by atoms with Crippen LogP contribution in [0.5, 0.6) is 0 Å². The molecule has 0 spiro atoms. The molecule has 0 atom stereocenters. The Bertz CT molecular complexity index is 243. The molecule has 0 bridgehead atoms. The molecule has 0 saturated heterocycles. The summed E-state index contributed by atoms with van der Waals surface area (Å²) >= 11 is 1.81. The van der Waals surface area contributed by atoms with Crippen LogP contribution in [0.25, 0.3) is 5.57 Å². The molecule has 0 aliphatic rings. The predicted molar refractivity (Wildman–Crippen MR) is 48.4 cm³/mol. The van der Waals surface area contributed by atoms with Gasteiger partial charge in [-0.25, -0.2) is 0 Å². The number of hydrogen-bond donors (Lipinski definition) is 0. The van der Waals surface area contributed by atoms with Crippen LogP contribution in [0.4, 0.5) is 0 Å². The second-order valence-electron chi connectivity index (χ2n) is 2.46. The Hall–Kier alpha value is -0.560. The van der Waals surface area contributed by atoms with Crippen molar-refractivity contribution in [2.75, 3.05) is 0 Å². The highest BCUT2D eigenvalue weighted by molar-refractivity contribution is 7.11. The van der Waals surface area contributed by atoms with E-state index < -0.39 is 0 Å². The van der Waals surface area contributed by atoms with E-state index in [9.17, 15) is 0 Å². The molecule has 0 radical (unpaired) electrons. The SMILES string of the molecule is C/C=C(\C)c1cc(C)cs1. The Labute approximate surface area is 66.2 Å². The topological polar surface area (TPSA) is 0 Å². The van der Waals surface area contributed by atoms with Gasteiger partial charge in [-0.3, -0.25) is 0 Å². The van der Waals surface area contributed by atoms with E-state index in [2.05, 4.69) is 38.3 Å². The Morgan fingerprint density at radius 3 is 2.70 bits per heavy atom. The number of aryl methyl sites for hydroxylation is 1. The van der Waals surface area contributed by atoms with E-state index in [4.69, 9.17) is 0 Å². The fourth-order valence-corrected chi connectivity index (χ4v) is 1.72. The van der Waals surface area contributed by atoms with Crippen LogP contribution >= 0.6 is 11.3 Å². The minimum absolute atomic E-state index is 1.36. The standard InChI is InChI=1S/C9H12S/c1-4-8(3)9-5-7(2)6-10-9/h4-6H,1-3H3/b8-4+. The first-order valence-corrected chi connectivity index (χ1v) is 4.30. The highest BCUT2D eigenvalue weighted by Crippen LogP contribution is 2.21. The van der Waals surface area contributed by atoms with Crippen LogP contribution in [0.2, 0.25) is 0 Å². The number of allylic oxidation sites excluding steroid dienone is 2. The van der Waals surface area contributed by atoms with E-state index in [0.717, 1.165) is 0 Å². The monoisotopic (exact) mass is 152 g/mol. The Morgan fingerprint density at radius 1 is 1.60 bits per heavy atom. The van der Waals surface area contributed by atoms with Gasteiger partial charge in [0.2, 0.25) is 0 Å². The van der Waals surface area contributed by atoms with Crippen LogP contribution in [0.3, 0.4) is 0 Å². The zero-order chi connectivity index (χ0) is 7.56. The summed E-state index contributed by atoms with van der Waals surface area (Å²) in [6.45, 7) is 6.35. The predicted octanol–water partition coefficient (Wildman–Crippen LogP) is 3.48. The minimum atomic E-state index is 1.36. The van der Waals surface area contributed by atoms with Gasteiger partial charge in [-0.15, -0.1) is 11.3 Å². The van der Waals surface area contributed by atoms with Crippen LogP contribution in [0, 0.1) is 6.92 Å². The third-order valence-corrected chi connectivity index (χ3v) is 2.74. The molecule has 0 saturated carbocycles. The highest BCUT2D eigenvalue weighted by Gasteiger charge is 1.95. The van der Waals surface area contributed by atoms with Gasteiger partial charge in [0.25, 0.3) is 0 Å². The molecule has 1 aromatic heterocycles. The Morgan fingerprint density at radius 2 is 2.30 bits per heavy atom. The maximum absolute atomic E-state index is 2.22. The van der Waals surface area contributed by atoms with Crippen molar-refractivity contribution in [3.63, 3.8) is 0 Å². The molecule has 1 heterocycles. The maximum atomic E-state index is 2.22. The van der Waals surface area contributed by atoms with Crippen molar-refractivity contribution in [2.45, 2.75) is 20.8 Å². The van der Waals surface area contributed by atoms with E-state index in [-0.39, 0.29) is 0 Å². The average Bonchev–Trinajstić information content (AvgIpc) is 2.34. The van der Waals surface area contributed by atoms with Crippen LogP contribution in [0.1, 0.15) is 24.3 Å². The first-order valence-electron chi connectivity index (χ1n) is 3.42. The second kappa shape index (κ2) is 3.02. The summed E-state index contributed by atoms with van der Waals surface area (Å²) in [5, 5.41) is 2.18. The quantitative estimate of drug-likeness (QED) is 0.578. The molecular weight excluding hydrogens is 140 g/mol. The maximum Gasteiger partial charge on any atom is 0.0298 e. The van der Waals surface area contributed by atoms with E-state index in [0.29, 0.717) is 0 Å². The summed E-state index contributed by atoms with van der Waals surface area (Å²) in [6.07, 6.45) is 2.14. The van der Waals surface area contributed by atoms with Gasteiger partial charge in [0, 0.05) is 4.88 Å². The third-order valence-electron chi connectivity index (χ3n) is 1.55. The normalized spacial score (nSPS) is 12.1. The van der Waals surface area contributed by atoms with Gasteiger partial charge in [0.1, 0.15) is 0 Å². The van der Waals surface area contributed by atoms with Crippen molar-refractivity contribution < 1.29 is 0 Å². The lowest BCUT2D eigenvalue weighted by Crippen LogP contribution is -1.67. The minimum Gasteiger partial charge on any atom is -0.144 e. The van der Waals surface area contributed by atoms with Gasteiger partial charge in [-0.2, -0.15) is 0 Å². The molecule has 0 aliphatic heterocycles. The lowest BCUT2D eigenvalue weighted by atomic mass is 10.2. The van der Waals surface area contributed by atoms with E-state index in [1.54, 1.807) is 0 Å². The summed E-state index contributed by atoms with van der Waals surface area (Å²) in [6, 6.07) is 2.22. The lowest BCUT2D eigenvalue weighted by Gasteiger charge is -1.90. The van der Waals surface area contributed by atoms with E-state index >= 15 is 0 Å². The summed E-state index contributed by atoms with van der Waals surface area (Å²) < 4.78 is 0. The summed E-state index contributed by atoms with van der Waals surface area (Å²) in [7, 11) is 0. The molecule has 0 aromatic carbocycles. The van der Waals surface area contributed by atoms with Gasteiger partial charge >= 0.3 is 0 Å². The summed E-state index contributed by atoms with van der Waals surface area (Å²) in [5.74, 6) is 0. The van der Waals surface area contributed by atoms with Gasteiger partial charge in [-0.1, -0.05) is 6.08 Å². The van der Waals surface area contributed by atoms with Crippen LogP contribution in [-0.4, -0.2) is 0 Å². The fourth-order valence-electron chi connectivity index (χ4n) is 0.780. The molecule has 0 fully saturated rings. The van der Waals surface area contributed by atoms with Gasteiger partial charge in [-0.05, 0) is 43.4 Å². The first-order chi connectivity index (χ1) is 4.74. The second-order valence-corrected chi connectivity index (χ2v) is 3.37. The molecular formula is C9H12S. The number of hydrogen-bond acceptors (Lipinski definition) is 1. The van der Waals surface area contributed by atoms with Crippen molar-refractivity contribution in [1.82, 2.24) is 0 Å². The zero-order valence-electron chi connectivity index (χ0n) is 6.64. The van der Waals surface area contributed by atoms with Gasteiger partial charge in [0.15, 0.2) is 0 Å². The lowest BCUT2D eigenvalue weighted by molar-refractivity contribution is 1.53. The molecule has 0 N–H and O–H groups in total. The molecule has 0 unspecified atom stereocenters. The van der Waals surface area contributed by atoms with Crippen molar-refractivity contribution in [3.05, 3.63) is 28.0 Å². The molecule has 1 aromatic rings. The van der Waals surface area contributed by atoms with Crippen LogP contribution in [-0.2, 0) is 0 Å². The van der Waals surface area contributed by atoms with Crippen molar-refractivity contribution in [2.24, 2.45) is 0 Å². The van der Waals surface area contributed by atoms with Crippen LogP contribution in [0.15, 0.2) is 17.5 Å². The molecule has 0 nitrogen and oxygen atoms in total. The smallest absolute Gasteiger partial charge is 0.0298 e. The largest absolute Gasteiger partial charge is 0.144 e. The molecule has 10 heavy (non-hydrogen) atoms. The fraction of sp³-hybridized carbons (Fsp3) is 0.333. The van der Waals surface area contributed by atoms with E-state index in [1.165, 1.54) is 16.0 Å². The van der Waals surface area contributed by atoms with Gasteiger partial charge in [0.05, 0.1) is 0 Å². The van der Waals surface area contributed by atoms with Crippen molar-refractivity contribution in [1.29, 1.82) is 0 Å². The molecule has 0 amide bonds. The number of thiophene rings is 1. The van der Waals surface area contributed by atoms with Crippen molar-refractivity contribution >= 4 is 16.9 Å². The Kier molecular flexibility index (Phi) is 2.28. The van der Waals surface area contributed by atoms with E-state index in [1.807, 2.05) is 11.3 Å². The molecule has 0 aliphatic carbocycles. The third kappa shape index (κ3) is 1.48. The summed E-state index contributed by atoms with van der Waals surface area (Å²) in [4.78, 5) is 1.39. The molecule has 54 valence electrons. The Balaban J connectivity index is 2.95.